The quantitative estimate of drug-likeness (QED) is 0.195. The Kier molecular flexibility index (Phi) is 12.4. The number of carbonyl (C=O) groups is 5. The number of piperidine rings is 1. The van der Waals surface area contributed by atoms with Crippen molar-refractivity contribution in [1.82, 2.24) is 19.8 Å². The van der Waals surface area contributed by atoms with Crippen LogP contribution in [0.15, 0.2) is 0 Å². The van der Waals surface area contributed by atoms with E-state index in [-0.39, 0.29) is 66.9 Å². The van der Waals surface area contributed by atoms with Gasteiger partial charge in [-0.3, -0.25) is 19.2 Å². The van der Waals surface area contributed by atoms with Crippen molar-refractivity contribution in [2.75, 3.05) is 25.4 Å². The molecule has 0 aromatic carbocycles. The van der Waals surface area contributed by atoms with E-state index in [1.807, 2.05) is 48.5 Å². The number of ketones is 3. The number of sulfonamides is 1. The Morgan fingerprint density at radius 1 is 1.02 bits per heavy atom. The van der Waals surface area contributed by atoms with Gasteiger partial charge >= 0.3 is 6.03 Å². The van der Waals surface area contributed by atoms with Crippen LogP contribution in [-0.4, -0.2) is 90.4 Å². The molecular formula is C36H58N4O7S. The number of carbonyl (C=O) groups excluding carboxylic acids is 5. The number of rotatable bonds is 15. The summed E-state index contributed by atoms with van der Waals surface area (Å²) in [5.41, 5.74) is -1.40. The number of hydrogen-bond acceptors (Lipinski definition) is 7. The Balaban J connectivity index is 1.83. The number of nitrogens with zero attached hydrogens (tertiary/aromatic N) is 2. The number of fused-ring (bicyclic) bond motifs is 1. The van der Waals surface area contributed by atoms with Crippen molar-refractivity contribution < 1.29 is 32.4 Å². The van der Waals surface area contributed by atoms with E-state index in [1.165, 1.54) is 4.31 Å². The summed E-state index contributed by atoms with van der Waals surface area (Å²) in [7, 11) is -3.38. The number of likely N-dealkylation sites (tertiary alicyclic amines) is 1. The van der Waals surface area contributed by atoms with Gasteiger partial charge in [-0.2, -0.15) is 4.31 Å². The molecule has 0 aromatic rings. The van der Waals surface area contributed by atoms with E-state index in [0.29, 0.717) is 25.9 Å². The third-order valence-corrected chi connectivity index (χ3v) is 12.6. The van der Waals surface area contributed by atoms with Crippen LogP contribution in [-0.2, 0) is 29.2 Å². The monoisotopic (exact) mass is 690 g/mol. The average Bonchev–Trinajstić information content (AvgIpc) is 3.26. The predicted molar refractivity (Wildman–Crippen MR) is 185 cm³/mol. The second kappa shape index (κ2) is 15.0. The molecule has 11 nitrogen and oxygen atoms in total. The third kappa shape index (κ3) is 9.06. The smallest absolute Gasteiger partial charge is 0.315 e. The normalized spacial score (nSPS) is 24.9. The van der Waals surface area contributed by atoms with Gasteiger partial charge in [0.1, 0.15) is 6.04 Å². The molecule has 2 saturated heterocycles. The highest BCUT2D eigenvalue weighted by Crippen LogP contribution is 2.65. The molecule has 0 bridgehead atoms. The Labute approximate surface area is 288 Å². The molecular weight excluding hydrogens is 632 g/mol. The first-order valence-electron chi connectivity index (χ1n) is 17.5. The van der Waals surface area contributed by atoms with Crippen LogP contribution < -0.4 is 10.6 Å². The number of hydrogen-bond donors (Lipinski definition) is 2. The van der Waals surface area contributed by atoms with E-state index in [4.69, 9.17) is 6.42 Å². The van der Waals surface area contributed by atoms with Gasteiger partial charge in [-0.05, 0) is 47.3 Å². The Morgan fingerprint density at radius 3 is 2.19 bits per heavy atom. The summed E-state index contributed by atoms with van der Waals surface area (Å²) in [4.78, 5) is 69.4. The van der Waals surface area contributed by atoms with E-state index in [0.717, 1.165) is 6.42 Å². The molecule has 3 aliphatic rings. The SMILES string of the molecule is C#CCCC(CC(=O)[C@@H]1[C@@H]2[C@H](CN1C(=O)[C@@H](NC(=O)N[C@H](CN1CCCS1(=O)=O)C(C)(C)C)C(C)(C)C)C2(C)C)C(=O)C(=O)CCCC. The number of nitrogens with one attached hydrogen (secondary N) is 2. The van der Waals surface area contributed by atoms with Crippen molar-refractivity contribution in [3.8, 4) is 12.3 Å². The van der Waals surface area contributed by atoms with Gasteiger partial charge < -0.3 is 15.5 Å². The van der Waals surface area contributed by atoms with Gasteiger partial charge in [-0.1, -0.05) is 68.7 Å². The fourth-order valence-electron chi connectivity index (χ4n) is 7.30. The Bertz CT molecular complexity index is 1400. The molecule has 2 heterocycles. The number of Topliss-reactive ketones (excluding diaryl/α,β-unsaturated/α-hetero) is 3. The zero-order valence-corrected chi connectivity index (χ0v) is 31.3. The van der Waals surface area contributed by atoms with Gasteiger partial charge in [0.15, 0.2) is 11.6 Å². The molecule has 2 N–H and O–H groups in total. The highest BCUT2D eigenvalue weighted by Gasteiger charge is 2.69. The molecule has 0 radical (unpaired) electrons. The van der Waals surface area contributed by atoms with Crippen LogP contribution in [0.4, 0.5) is 4.79 Å². The lowest BCUT2D eigenvalue weighted by molar-refractivity contribution is -0.144. The van der Waals surface area contributed by atoms with E-state index in [9.17, 15) is 32.4 Å². The van der Waals surface area contributed by atoms with Crippen molar-refractivity contribution in [3.63, 3.8) is 0 Å². The largest absolute Gasteiger partial charge is 0.334 e. The first-order valence-corrected chi connectivity index (χ1v) is 19.1. The number of terminal acetylenes is 1. The molecule has 0 spiro atoms. The van der Waals surface area contributed by atoms with Crippen molar-refractivity contribution in [2.45, 2.75) is 125 Å². The van der Waals surface area contributed by atoms with Crippen LogP contribution in [0.1, 0.15) is 107 Å². The van der Waals surface area contributed by atoms with Crippen molar-refractivity contribution >= 4 is 39.3 Å². The molecule has 3 rings (SSSR count). The molecule has 2 aliphatic heterocycles. The van der Waals surface area contributed by atoms with Crippen LogP contribution in [0, 0.1) is 46.3 Å². The molecule has 1 saturated carbocycles. The summed E-state index contributed by atoms with van der Waals surface area (Å²) in [5.74, 6) is 0.0186. The Morgan fingerprint density at radius 2 is 1.67 bits per heavy atom. The molecule has 3 fully saturated rings. The van der Waals surface area contributed by atoms with Gasteiger partial charge in [-0.25, -0.2) is 13.2 Å². The molecule has 270 valence electrons. The van der Waals surface area contributed by atoms with Gasteiger partial charge in [0.05, 0.1) is 11.8 Å². The van der Waals surface area contributed by atoms with Gasteiger partial charge in [0.25, 0.3) is 0 Å². The minimum absolute atomic E-state index is 0.0825. The van der Waals surface area contributed by atoms with E-state index in [2.05, 4.69) is 30.4 Å². The minimum atomic E-state index is -3.38. The predicted octanol–water partition coefficient (Wildman–Crippen LogP) is 3.95. The second-order valence-corrected chi connectivity index (χ2v) is 18.8. The topological polar surface area (TPSA) is 150 Å². The van der Waals surface area contributed by atoms with Gasteiger partial charge in [0.2, 0.25) is 21.7 Å². The van der Waals surface area contributed by atoms with Crippen LogP contribution in [0.2, 0.25) is 0 Å². The summed E-state index contributed by atoms with van der Waals surface area (Å²) in [6.07, 6.45) is 7.80. The molecule has 0 aromatic heterocycles. The zero-order valence-electron chi connectivity index (χ0n) is 30.5. The maximum atomic E-state index is 14.4. The lowest BCUT2D eigenvalue weighted by Crippen LogP contribution is -2.61. The van der Waals surface area contributed by atoms with Crippen molar-refractivity contribution in [3.05, 3.63) is 0 Å². The standard InChI is InChI=1S/C36H58N4O7S/c1-11-13-16-23(30(43)25(41)17-14-12-2)20-26(42)29-28-24(36(28,9)10)21-40(29)32(44)31(35(6,7)8)38-33(45)37-27(34(3,4)5)22-39-18-15-19-48(39,46)47/h1,23-24,27-29,31H,12-22H2,2-10H3,(H2,37,38,45)/t23?,24-,27+,28-,29+,31+/m0/s1. The molecule has 1 unspecified atom stereocenters. The highest BCUT2D eigenvalue weighted by molar-refractivity contribution is 7.89. The lowest BCUT2D eigenvalue weighted by Gasteiger charge is -2.39. The number of urea groups is 1. The average molecular weight is 691 g/mol. The first-order chi connectivity index (χ1) is 22.1. The highest BCUT2D eigenvalue weighted by atomic mass is 32.2. The Hall–Kier alpha value is -2.78. The minimum Gasteiger partial charge on any atom is -0.334 e. The lowest BCUT2D eigenvalue weighted by atomic mass is 9.83. The summed E-state index contributed by atoms with van der Waals surface area (Å²) in [6, 6.07) is -2.92. The third-order valence-electron chi connectivity index (χ3n) is 10.6. The van der Waals surface area contributed by atoms with Crippen molar-refractivity contribution in [2.24, 2.45) is 34.0 Å². The molecule has 12 heteroatoms. The fourth-order valence-corrected chi connectivity index (χ4v) is 8.83. The van der Waals surface area contributed by atoms with Crippen LogP contribution >= 0.6 is 0 Å². The van der Waals surface area contributed by atoms with Gasteiger partial charge in [0, 0.05) is 50.9 Å². The number of amides is 3. The summed E-state index contributed by atoms with van der Waals surface area (Å²) >= 11 is 0. The molecule has 48 heavy (non-hydrogen) atoms. The molecule has 3 amide bonds. The molecule has 6 atom stereocenters. The van der Waals surface area contributed by atoms with E-state index < -0.39 is 62.5 Å². The second-order valence-electron chi connectivity index (χ2n) is 16.8. The first kappa shape index (κ1) is 39.7. The van der Waals surface area contributed by atoms with E-state index >= 15 is 0 Å². The number of unbranched alkanes of at least 4 members (excludes halogenated alkanes) is 1. The molecule has 1 aliphatic carbocycles. The fraction of sp³-hybridized carbons (Fsp3) is 0.806. The maximum Gasteiger partial charge on any atom is 0.315 e. The van der Waals surface area contributed by atoms with Crippen molar-refractivity contribution in [1.29, 1.82) is 0 Å². The van der Waals surface area contributed by atoms with Crippen LogP contribution in [0.5, 0.6) is 0 Å². The zero-order chi connectivity index (χ0) is 36.4. The maximum absolute atomic E-state index is 14.4. The van der Waals surface area contributed by atoms with Gasteiger partial charge in [-0.15, -0.1) is 12.3 Å². The summed E-state index contributed by atoms with van der Waals surface area (Å²) in [6.45, 7) is 18.2. The van der Waals surface area contributed by atoms with Crippen LogP contribution in [0.25, 0.3) is 0 Å². The summed E-state index contributed by atoms with van der Waals surface area (Å²) < 4.78 is 26.5. The van der Waals surface area contributed by atoms with Crippen LogP contribution in [0.3, 0.4) is 0 Å². The summed E-state index contributed by atoms with van der Waals surface area (Å²) in [5, 5.41) is 5.81. The van der Waals surface area contributed by atoms with E-state index in [1.54, 1.807) is 4.90 Å².